The van der Waals surface area contributed by atoms with E-state index in [0.717, 1.165) is 34.7 Å². The summed E-state index contributed by atoms with van der Waals surface area (Å²) in [5.41, 5.74) is 3.98. The zero-order valence-corrected chi connectivity index (χ0v) is 16.7. The SMILES string of the molecule is COc1ccc(N(Cc2cccnc2)C(=O)Cc2ccc3c(c2)C[C@H](C)O3)cc1. The first-order chi connectivity index (χ1) is 14.1. The van der Waals surface area contributed by atoms with Gasteiger partial charge in [0.05, 0.1) is 20.1 Å². The van der Waals surface area contributed by atoms with Crippen molar-refractivity contribution < 1.29 is 14.3 Å². The van der Waals surface area contributed by atoms with Gasteiger partial charge in [-0.2, -0.15) is 0 Å². The molecule has 4 rings (SSSR count). The van der Waals surface area contributed by atoms with Crippen LogP contribution in [0.1, 0.15) is 23.6 Å². The lowest BCUT2D eigenvalue weighted by Gasteiger charge is -2.23. The number of carbonyl (C=O) groups excluding carboxylic acids is 1. The summed E-state index contributed by atoms with van der Waals surface area (Å²) in [6, 6.07) is 17.5. The minimum atomic E-state index is 0.0333. The molecule has 0 aliphatic carbocycles. The molecule has 0 N–H and O–H groups in total. The van der Waals surface area contributed by atoms with Crippen molar-refractivity contribution in [2.24, 2.45) is 0 Å². The number of pyridine rings is 1. The highest BCUT2D eigenvalue weighted by molar-refractivity contribution is 5.94. The summed E-state index contributed by atoms with van der Waals surface area (Å²) < 4.78 is 11.0. The van der Waals surface area contributed by atoms with Crippen LogP contribution in [0.15, 0.2) is 67.0 Å². The number of anilines is 1. The number of hydrogen-bond acceptors (Lipinski definition) is 4. The number of fused-ring (bicyclic) bond motifs is 1. The largest absolute Gasteiger partial charge is 0.497 e. The van der Waals surface area contributed by atoms with Crippen molar-refractivity contribution in [1.82, 2.24) is 4.98 Å². The maximum absolute atomic E-state index is 13.3. The lowest BCUT2D eigenvalue weighted by Crippen LogP contribution is -2.31. The second-order valence-electron chi connectivity index (χ2n) is 7.29. The fraction of sp³-hybridized carbons (Fsp3) is 0.250. The Labute approximate surface area is 170 Å². The van der Waals surface area contributed by atoms with E-state index in [2.05, 4.69) is 18.0 Å². The Hall–Kier alpha value is -3.34. The Morgan fingerprint density at radius 3 is 2.72 bits per heavy atom. The number of nitrogens with zero attached hydrogens (tertiary/aromatic N) is 2. The molecule has 0 saturated carbocycles. The average Bonchev–Trinajstić information content (AvgIpc) is 3.12. The monoisotopic (exact) mass is 388 g/mol. The standard InChI is InChI=1S/C24H24N2O3/c1-17-12-20-13-18(5-10-23(20)29-17)14-24(27)26(16-19-4-3-11-25-15-19)21-6-8-22(28-2)9-7-21/h3-11,13,15,17H,12,14,16H2,1-2H3/t17-/m0/s1. The molecular weight excluding hydrogens is 364 g/mol. The van der Waals surface area contributed by atoms with E-state index in [4.69, 9.17) is 9.47 Å². The Balaban J connectivity index is 1.58. The number of hydrogen-bond donors (Lipinski definition) is 0. The van der Waals surface area contributed by atoms with Crippen LogP contribution < -0.4 is 14.4 Å². The van der Waals surface area contributed by atoms with Crippen molar-refractivity contribution >= 4 is 11.6 Å². The number of ether oxygens (including phenoxy) is 2. The minimum Gasteiger partial charge on any atom is -0.497 e. The van der Waals surface area contributed by atoms with Crippen molar-refractivity contribution in [3.63, 3.8) is 0 Å². The molecule has 1 aliphatic heterocycles. The Bertz CT molecular complexity index is 987. The smallest absolute Gasteiger partial charge is 0.231 e. The predicted octanol–water partition coefficient (Wildman–Crippen LogP) is 4.19. The van der Waals surface area contributed by atoms with E-state index in [9.17, 15) is 4.79 Å². The van der Waals surface area contributed by atoms with Crippen molar-refractivity contribution in [1.29, 1.82) is 0 Å². The Morgan fingerprint density at radius 2 is 2.00 bits per heavy atom. The normalized spacial score (nSPS) is 14.8. The predicted molar refractivity (Wildman–Crippen MR) is 112 cm³/mol. The molecule has 1 aliphatic rings. The molecule has 2 aromatic carbocycles. The van der Waals surface area contributed by atoms with E-state index in [1.54, 1.807) is 24.4 Å². The third-order valence-electron chi connectivity index (χ3n) is 5.06. The third kappa shape index (κ3) is 4.40. The van der Waals surface area contributed by atoms with Crippen LogP contribution in [-0.4, -0.2) is 24.1 Å². The molecule has 1 aromatic heterocycles. The van der Waals surface area contributed by atoms with E-state index < -0.39 is 0 Å². The summed E-state index contributed by atoms with van der Waals surface area (Å²) in [6.45, 7) is 2.52. The van der Waals surface area contributed by atoms with Crippen LogP contribution in [-0.2, 0) is 24.2 Å². The summed E-state index contributed by atoms with van der Waals surface area (Å²) in [6.07, 6.45) is 4.93. The first-order valence-corrected chi connectivity index (χ1v) is 9.74. The van der Waals surface area contributed by atoms with E-state index in [1.165, 1.54) is 5.56 Å². The molecule has 5 heteroatoms. The van der Waals surface area contributed by atoms with Crippen LogP contribution >= 0.6 is 0 Å². The molecule has 5 nitrogen and oxygen atoms in total. The molecule has 1 atom stereocenters. The summed E-state index contributed by atoms with van der Waals surface area (Å²) >= 11 is 0. The van der Waals surface area contributed by atoms with Crippen LogP contribution in [0.4, 0.5) is 5.69 Å². The Kier molecular flexibility index (Phi) is 5.47. The molecular formula is C24H24N2O3. The van der Waals surface area contributed by atoms with Gasteiger partial charge in [-0.05, 0) is 60.0 Å². The number of carbonyl (C=O) groups is 1. The van der Waals surface area contributed by atoms with E-state index >= 15 is 0 Å². The number of benzene rings is 2. The number of rotatable bonds is 6. The maximum Gasteiger partial charge on any atom is 0.231 e. The van der Waals surface area contributed by atoms with Gasteiger partial charge in [-0.1, -0.05) is 18.2 Å². The number of amides is 1. The second-order valence-corrected chi connectivity index (χ2v) is 7.29. The zero-order valence-electron chi connectivity index (χ0n) is 16.7. The fourth-order valence-electron chi connectivity index (χ4n) is 3.62. The van der Waals surface area contributed by atoms with Gasteiger partial charge in [-0.15, -0.1) is 0 Å². The third-order valence-corrected chi connectivity index (χ3v) is 5.06. The molecule has 1 amide bonds. The molecule has 0 radical (unpaired) electrons. The van der Waals surface area contributed by atoms with Crippen molar-refractivity contribution in [2.75, 3.05) is 12.0 Å². The number of aromatic nitrogens is 1. The quantitative estimate of drug-likeness (QED) is 0.635. The topological polar surface area (TPSA) is 51.7 Å². The van der Waals surface area contributed by atoms with Gasteiger partial charge >= 0.3 is 0 Å². The lowest BCUT2D eigenvalue weighted by molar-refractivity contribution is -0.118. The highest BCUT2D eigenvalue weighted by Crippen LogP contribution is 2.30. The molecule has 148 valence electrons. The first kappa shape index (κ1) is 19.0. The van der Waals surface area contributed by atoms with Gasteiger partial charge in [-0.25, -0.2) is 0 Å². The van der Waals surface area contributed by atoms with Crippen molar-refractivity contribution in [3.8, 4) is 11.5 Å². The van der Waals surface area contributed by atoms with E-state index in [0.29, 0.717) is 13.0 Å². The average molecular weight is 388 g/mol. The highest BCUT2D eigenvalue weighted by atomic mass is 16.5. The highest BCUT2D eigenvalue weighted by Gasteiger charge is 2.21. The molecule has 0 saturated heterocycles. The van der Waals surface area contributed by atoms with Gasteiger partial charge in [0.25, 0.3) is 0 Å². The van der Waals surface area contributed by atoms with Crippen LogP contribution in [0.2, 0.25) is 0 Å². The molecule has 0 fully saturated rings. The number of methoxy groups -OCH3 is 1. The van der Waals surface area contributed by atoms with Crippen molar-refractivity contribution in [2.45, 2.75) is 32.4 Å². The van der Waals surface area contributed by atoms with Crippen LogP contribution in [0.3, 0.4) is 0 Å². The molecule has 0 bridgehead atoms. The summed E-state index contributed by atoms with van der Waals surface area (Å²) in [5, 5.41) is 0. The summed E-state index contributed by atoms with van der Waals surface area (Å²) in [5.74, 6) is 1.72. The second kappa shape index (κ2) is 8.35. The lowest BCUT2D eigenvalue weighted by atomic mass is 10.0. The maximum atomic E-state index is 13.3. The summed E-state index contributed by atoms with van der Waals surface area (Å²) in [7, 11) is 1.63. The fourth-order valence-corrected chi connectivity index (χ4v) is 3.62. The van der Waals surface area contributed by atoms with Crippen LogP contribution in [0.5, 0.6) is 11.5 Å². The molecule has 3 aromatic rings. The minimum absolute atomic E-state index is 0.0333. The first-order valence-electron chi connectivity index (χ1n) is 9.74. The molecule has 29 heavy (non-hydrogen) atoms. The molecule has 0 spiro atoms. The molecule has 2 heterocycles. The van der Waals surface area contributed by atoms with E-state index in [1.807, 2.05) is 48.5 Å². The summed E-state index contributed by atoms with van der Waals surface area (Å²) in [4.78, 5) is 19.3. The molecule has 0 unspecified atom stereocenters. The van der Waals surface area contributed by atoms with Crippen LogP contribution in [0.25, 0.3) is 0 Å². The van der Waals surface area contributed by atoms with Gasteiger partial charge < -0.3 is 14.4 Å². The van der Waals surface area contributed by atoms with E-state index in [-0.39, 0.29) is 12.0 Å². The zero-order chi connectivity index (χ0) is 20.2. The van der Waals surface area contributed by atoms with Gasteiger partial charge in [-0.3, -0.25) is 9.78 Å². The van der Waals surface area contributed by atoms with Gasteiger partial charge in [0.1, 0.15) is 17.6 Å². The van der Waals surface area contributed by atoms with Crippen LogP contribution in [0, 0.1) is 0 Å². The van der Waals surface area contributed by atoms with Gasteiger partial charge in [0.2, 0.25) is 5.91 Å². The van der Waals surface area contributed by atoms with Gasteiger partial charge in [0.15, 0.2) is 0 Å². The Morgan fingerprint density at radius 1 is 1.17 bits per heavy atom. The van der Waals surface area contributed by atoms with Crippen molar-refractivity contribution in [3.05, 3.63) is 83.7 Å². The van der Waals surface area contributed by atoms with Gasteiger partial charge in [0, 0.05) is 24.5 Å².